The van der Waals surface area contributed by atoms with Gasteiger partial charge >= 0.3 is 0 Å². The standard InChI is InChI=1S/C18H19ClFNO5S/c19-16-11-14(4-5-17(16)20)26-18(23)12-2-1-3-15(10-12)27(24,25)21-8-6-13(22)7-9-21/h1-5,10-11,13,18,22-23H,6-9H2. The molecule has 1 atom stereocenters. The highest BCUT2D eigenvalue weighted by atomic mass is 35.5. The van der Waals surface area contributed by atoms with Crippen molar-refractivity contribution in [2.24, 2.45) is 0 Å². The topological polar surface area (TPSA) is 87.1 Å². The van der Waals surface area contributed by atoms with Crippen LogP contribution in [0.1, 0.15) is 24.7 Å². The number of aliphatic hydroxyl groups is 2. The van der Waals surface area contributed by atoms with Gasteiger partial charge in [-0.2, -0.15) is 4.31 Å². The molecule has 0 aromatic heterocycles. The molecule has 0 aliphatic carbocycles. The maximum atomic E-state index is 13.2. The lowest BCUT2D eigenvalue weighted by molar-refractivity contribution is -0.0196. The first-order valence-electron chi connectivity index (χ1n) is 8.35. The fourth-order valence-electron chi connectivity index (χ4n) is 2.81. The van der Waals surface area contributed by atoms with E-state index in [1.807, 2.05) is 0 Å². The highest BCUT2D eigenvalue weighted by Crippen LogP contribution is 2.27. The second kappa shape index (κ2) is 8.12. The van der Waals surface area contributed by atoms with Crippen LogP contribution in [-0.2, 0) is 10.0 Å². The molecule has 0 saturated carbocycles. The number of halogens is 2. The molecule has 0 amide bonds. The Morgan fingerprint density at radius 1 is 1.19 bits per heavy atom. The van der Waals surface area contributed by atoms with Crippen LogP contribution >= 0.6 is 11.6 Å². The van der Waals surface area contributed by atoms with Crippen molar-refractivity contribution in [3.8, 4) is 5.75 Å². The van der Waals surface area contributed by atoms with E-state index in [2.05, 4.69) is 0 Å². The molecule has 27 heavy (non-hydrogen) atoms. The molecule has 0 bridgehead atoms. The van der Waals surface area contributed by atoms with Crippen LogP contribution in [0.3, 0.4) is 0 Å². The van der Waals surface area contributed by atoms with E-state index in [0.717, 1.165) is 6.07 Å². The average Bonchev–Trinajstić information content (AvgIpc) is 2.65. The maximum Gasteiger partial charge on any atom is 0.243 e. The summed E-state index contributed by atoms with van der Waals surface area (Å²) in [7, 11) is -3.74. The quantitative estimate of drug-likeness (QED) is 0.733. The number of hydrogen-bond donors (Lipinski definition) is 2. The summed E-state index contributed by atoms with van der Waals surface area (Å²) in [6.45, 7) is 0.474. The fraction of sp³-hybridized carbons (Fsp3) is 0.333. The molecule has 2 N–H and O–H groups in total. The first-order chi connectivity index (χ1) is 12.8. The number of hydrogen-bond acceptors (Lipinski definition) is 5. The van der Waals surface area contributed by atoms with Crippen molar-refractivity contribution in [3.63, 3.8) is 0 Å². The Hall–Kier alpha value is -1.71. The van der Waals surface area contributed by atoms with Gasteiger partial charge in [-0.3, -0.25) is 0 Å². The van der Waals surface area contributed by atoms with Gasteiger partial charge in [0.05, 0.1) is 16.0 Å². The normalized spacial score (nSPS) is 17.6. The Morgan fingerprint density at radius 2 is 1.89 bits per heavy atom. The number of ether oxygens (including phenoxy) is 1. The average molecular weight is 416 g/mol. The fourth-order valence-corrected chi connectivity index (χ4v) is 4.50. The van der Waals surface area contributed by atoms with Crippen LogP contribution in [0.4, 0.5) is 4.39 Å². The van der Waals surface area contributed by atoms with Crippen LogP contribution in [-0.4, -0.2) is 42.1 Å². The molecule has 0 radical (unpaired) electrons. The molecule has 146 valence electrons. The minimum Gasteiger partial charge on any atom is -0.461 e. The third kappa shape index (κ3) is 4.59. The van der Waals surface area contributed by atoms with Crippen LogP contribution in [0.25, 0.3) is 0 Å². The Kier molecular flexibility index (Phi) is 6.02. The Labute approximate surface area is 161 Å². The van der Waals surface area contributed by atoms with E-state index in [9.17, 15) is 23.0 Å². The summed E-state index contributed by atoms with van der Waals surface area (Å²) in [5, 5.41) is 19.7. The molecular weight excluding hydrogens is 397 g/mol. The van der Waals surface area contributed by atoms with Crippen molar-refractivity contribution in [1.29, 1.82) is 0 Å². The van der Waals surface area contributed by atoms with Gasteiger partial charge in [-0.05, 0) is 37.1 Å². The van der Waals surface area contributed by atoms with Crippen molar-refractivity contribution >= 4 is 21.6 Å². The van der Waals surface area contributed by atoms with Gasteiger partial charge < -0.3 is 14.9 Å². The molecule has 1 aliphatic rings. The molecule has 1 heterocycles. The Bertz CT molecular complexity index is 916. The molecule has 1 fully saturated rings. The van der Waals surface area contributed by atoms with Gasteiger partial charge in [0.15, 0.2) is 0 Å². The molecule has 6 nitrogen and oxygen atoms in total. The highest BCUT2D eigenvalue weighted by molar-refractivity contribution is 7.89. The van der Waals surface area contributed by atoms with Crippen LogP contribution in [0.2, 0.25) is 5.02 Å². The molecule has 2 aromatic rings. The molecule has 2 aromatic carbocycles. The SMILES string of the molecule is O=S(=O)(c1cccc(C(O)Oc2ccc(F)c(Cl)c2)c1)N1CCC(O)CC1. The third-order valence-electron chi connectivity index (χ3n) is 4.34. The first kappa shape index (κ1) is 20.0. The number of benzene rings is 2. The van der Waals surface area contributed by atoms with E-state index in [1.54, 1.807) is 0 Å². The van der Waals surface area contributed by atoms with E-state index in [0.29, 0.717) is 12.8 Å². The Balaban J connectivity index is 1.79. The first-order valence-corrected chi connectivity index (χ1v) is 10.2. The van der Waals surface area contributed by atoms with Gasteiger partial charge in [0.25, 0.3) is 0 Å². The van der Waals surface area contributed by atoms with Gasteiger partial charge in [-0.15, -0.1) is 0 Å². The molecule has 3 rings (SSSR count). The van der Waals surface area contributed by atoms with Crippen molar-refractivity contribution in [2.45, 2.75) is 30.1 Å². The van der Waals surface area contributed by atoms with Gasteiger partial charge in [0.1, 0.15) is 11.6 Å². The number of rotatable bonds is 5. The van der Waals surface area contributed by atoms with Crippen molar-refractivity contribution < 1.29 is 27.8 Å². The largest absolute Gasteiger partial charge is 0.461 e. The number of nitrogens with zero attached hydrogens (tertiary/aromatic N) is 1. The van der Waals surface area contributed by atoms with Gasteiger partial charge in [0.2, 0.25) is 16.3 Å². The summed E-state index contributed by atoms with van der Waals surface area (Å²) in [5.41, 5.74) is 0.230. The summed E-state index contributed by atoms with van der Waals surface area (Å²) in [4.78, 5) is 0.0242. The number of sulfonamides is 1. The summed E-state index contributed by atoms with van der Waals surface area (Å²) in [6, 6.07) is 9.43. The van der Waals surface area contributed by atoms with Gasteiger partial charge in [-0.25, -0.2) is 12.8 Å². The molecule has 1 aliphatic heterocycles. The molecule has 1 unspecified atom stereocenters. The minimum atomic E-state index is -3.74. The second-order valence-electron chi connectivity index (χ2n) is 6.25. The molecule has 1 saturated heterocycles. The predicted octanol–water partition coefficient (Wildman–Crippen LogP) is 2.69. The van der Waals surface area contributed by atoms with Crippen LogP contribution in [0, 0.1) is 5.82 Å². The number of aliphatic hydroxyl groups excluding tert-OH is 2. The zero-order chi connectivity index (χ0) is 19.6. The minimum absolute atomic E-state index is 0.0242. The third-order valence-corrected chi connectivity index (χ3v) is 6.53. The lowest BCUT2D eigenvalue weighted by atomic mass is 10.1. The summed E-state index contributed by atoms with van der Waals surface area (Å²) in [6.07, 6.45) is -1.17. The Morgan fingerprint density at radius 3 is 2.56 bits per heavy atom. The smallest absolute Gasteiger partial charge is 0.243 e. The van der Waals surface area contributed by atoms with Gasteiger partial charge in [0, 0.05) is 24.7 Å². The molecule has 9 heteroatoms. The van der Waals surface area contributed by atoms with Crippen LogP contribution < -0.4 is 4.74 Å². The van der Waals surface area contributed by atoms with E-state index in [1.165, 1.54) is 40.7 Å². The van der Waals surface area contributed by atoms with E-state index < -0.39 is 28.2 Å². The van der Waals surface area contributed by atoms with Crippen molar-refractivity contribution in [1.82, 2.24) is 4.31 Å². The van der Waals surface area contributed by atoms with Crippen molar-refractivity contribution in [3.05, 3.63) is 58.9 Å². The van der Waals surface area contributed by atoms with E-state index in [-0.39, 0.29) is 34.3 Å². The highest BCUT2D eigenvalue weighted by Gasteiger charge is 2.29. The van der Waals surface area contributed by atoms with Crippen LogP contribution in [0.5, 0.6) is 5.75 Å². The molecule has 0 spiro atoms. The summed E-state index contributed by atoms with van der Waals surface area (Å²) in [5.74, 6) is -0.467. The van der Waals surface area contributed by atoms with E-state index in [4.69, 9.17) is 16.3 Å². The molecular formula is C18H19ClFNO5S. The van der Waals surface area contributed by atoms with Crippen LogP contribution in [0.15, 0.2) is 47.4 Å². The van der Waals surface area contributed by atoms with E-state index >= 15 is 0 Å². The van der Waals surface area contributed by atoms with Crippen molar-refractivity contribution in [2.75, 3.05) is 13.1 Å². The van der Waals surface area contributed by atoms with Gasteiger partial charge in [-0.1, -0.05) is 23.7 Å². The monoisotopic (exact) mass is 415 g/mol. The number of piperidine rings is 1. The zero-order valence-corrected chi connectivity index (χ0v) is 15.8. The maximum absolute atomic E-state index is 13.2. The predicted molar refractivity (Wildman–Crippen MR) is 97.4 cm³/mol. The summed E-state index contributed by atoms with van der Waals surface area (Å²) < 4.78 is 45.4. The lowest BCUT2D eigenvalue weighted by Gasteiger charge is -2.29. The second-order valence-corrected chi connectivity index (χ2v) is 8.60. The zero-order valence-electron chi connectivity index (χ0n) is 14.3. The summed E-state index contributed by atoms with van der Waals surface area (Å²) >= 11 is 5.69. The lowest BCUT2D eigenvalue weighted by Crippen LogP contribution is -2.40.